The van der Waals surface area contributed by atoms with Crippen LogP contribution in [-0.2, 0) is 6.54 Å². The van der Waals surface area contributed by atoms with Crippen LogP contribution in [0.15, 0.2) is 6.20 Å². The van der Waals surface area contributed by atoms with E-state index in [9.17, 15) is 0 Å². The van der Waals surface area contributed by atoms with Crippen molar-refractivity contribution in [2.24, 2.45) is 11.7 Å². The van der Waals surface area contributed by atoms with E-state index in [0.717, 1.165) is 11.4 Å². The summed E-state index contributed by atoms with van der Waals surface area (Å²) in [5.74, 6) is 1.29. The van der Waals surface area contributed by atoms with Crippen LogP contribution in [0.3, 0.4) is 0 Å². The molecular weight excluding hydrogens is 154 g/mol. The van der Waals surface area contributed by atoms with Gasteiger partial charge >= 0.3 is 0 Å². The highest BCUT2D eigenvalue weighted by molar-refractivity contribution is 5.23. The van der Waals surface area contributed by atoms with Crippen LogP contribution in [0.2, 0.25) is 0 Å². The highest BCUT2D eigenvalue weighted by Gasteiger charge is 2.04. The Morgan fingerprint density at radius 1 is 1.67 bits per heavy atom. The summed E-state index contributed by atoms with van der Waals surface area (Å²) in [5, 5.41) is 6.62. The molecule has 0 aliphatic carbocycles. The molecule has 1 rings (SSSR count). The van der Waals surface area contributed by atoms with E-state index in [-0.39, 0.29) is 0 Å². The minimum Gasteiger partial charge on any atom is -0.490 e. The van der Waals surface area contributed by atoms with Gasteiger partial charge < -0.3 is 10.5 Å². The van der Waals surface area contributed by atoms with E-state index in [1.807, 2.05) is 0 Å². The van der Waals surface area contributed by atoms with Crippen molar-refractivity contribution >= 4 is 0 Å². The summed E-state index contributed by atoms with van der Waals surface area (Å²) < 4.78 is 5.46. The third-order valence-electron chi connectivity index (χ3n) is 1.46. The van der Waals surface area contributed by atoms with Crippen LogP contribution in [0.1, 0.15) is 19.5 Å². The summed E-state index contributed by atoms with van der Waals surface area (Å²) >= 11 is 0. The fraction of sp³-hybridized carbons (Fsp3) is 0.625. The number of nitrogens with one attached hydrogen (secondary N) is 1. The number of aromatic amines is 1. The number of nitrogens with two attached hydrogens (primary N) is 1. The molecule has 0 amide bonds. The molecule has 0 aromatic carbocycles. The molecule has 0 unspecified atom stereocenters. The van der Waals surface area contributed by atoms with Crippen molar-refractivity contribution in [2.45, 2.75) is 20.4 Å². The zero-order valence-electron chi connectivity index (χ0n) is 7.50. The van der Waals surface area contributed by atoms with Gasteiger partial charge in [-0.25, -0.2) is 0 Å². The first kappa shape index (κ1) is 9.06. The van der Waals surface area contributed by atoms with E-state index in [2.05, 4.69) is 24.0 Å². The number of ether oxygens (including phenoxy) is 1. The second-order valence-electron chi connectivity index (χ2n) is 3.12. The van der Waals surface area contributed by atoms with Crippen LogP contribution >= 0.6 is 0 Å². The maximum atomic E-state index is 5.46. The molecule has 0 saturated carbocycles. The van der Waals surface area contributed by atoms with E-state index in [1.165, 1.54) is 0 Å². The summed E-state index contributed by atoms with van der Waals surface area (Å²) in [5.41, 5.74) is 6.31. The van der Waals surface area contributed by atoms with Crippen molar-refractivity contribution in [3.63, 3.8) is 0 Å². The van der Waals surface area contributed by atoms with Gasteiger partial charge in [-0.2, -0.15) is 5.10 Å². The van der Waals surface area contributed by atoms with Gasteiger partial charge in [-0.1, -0.05) is 13.8 Å². The SMILES string of the molecule is CC(C)COc1cn[nH]c1CN. The lowest BCUT2D eigenvalue weighted by Crippen LogP contribution is -2.06. The number of hydrogen-bond donors (Lipinski definition) is 2. The summed E-state index contributed by atoms with van der Waals surface area (Å²) in [6.07, 6.45) is 1.66. The monoisotopic (exact) mass is 169 g/mol. The average molecular weight is 169 g/mol. The highest BCUT2D eigenvalue weighted by Crippen LogP contribution is 2.14. The molecule has 0 atom stereocenters. The van der Waals surface area contributed by atoms with Gasteiger partial charge in [0.15, 0.2) is 5.75 Å². The molecule has 0 aliphatic heterocycles. The molecule has 4 heteroatoms. The molecule has 1 aromatic rings. The summed E-state index contributed by atoms with van der Waals surface area (Å²) in [6.45, 7) is 5.34. The van der Waals surface area contributed by atoms with E-state index < -0.39 is 0 Å². The lowest BCUT2D eigenvalue weighted by molar-refractivity contribution is 0.268. The molecule has 4 nitrogen and oxygen atoms in total. The molecular formula is C8H15N3O. The molecule has 0 aliphatic rings. The molecule has 1 heterocycles. The normalized spacial score (nSPS) is 10.7. The van der Waals surface area contributed by atoms with Crippen LogP contribution in [0.5, 0.6) is 5.75 Å². The van der Waals surface area contributed by atoms with E-state index >= 15 is 0 Å². The van der Waals surface area contributed by atoms with Crippen molar-refractivity contribution in [1.29, 1.82) is 0 Å². The summed E-state index contributed by atoms with van der Waals surface area (Å²) in [4.78, 5) is 0. The maximum absolute atomic E-state index is 5.46. The van der Waals surface area contributed by atoms with Crippen molar-refractivity contribution in [3.8, 4) is 5.75 Å². The Balaban J connectivity index is 2.50. The van der Waals surface area contributed by atoms with Crippen LogP contribution < -0.4 is 10.5 Å². The molecule has 1 aromatic heterocycles. The Morgan fingerprint density at radius 3 is 3.00 bits per heavy atom. The zero-order valence-corrected chi connectivity index (χ0v) is 7.50. The number of aromatic nitrogens is 2. The Labute approximate surface area is 72.1 Å². The van der Waals surface area contributed by atoms with Crippen LogP contribution in [0, 0.1) is 5.92 Å². The molecule has 3 N–H and O–H groups in total. The standard InChI is InChI=1S/C8H15N3O/c1-6(2)5-12-8-4-10-11-7(8)3-9/h4,6H,3,5,9H2,1-2H3,(H,10,11). The van der Waals surface area contributed by atoms with E-state index in [0.29, 0.717) is 19.1 Å². The molecule has 0 spiro atoms. The van der Waals surface area contributed by atoms with Crippen molar-refractivity contribution in [1.82, 2.24) is 10.2 Å². The van der Waals surface area contributed by atoms with E-state index in [4.69, 9.17) is 10.5 Å². The van der Waals surface area contributed by atoms with Gasteiger partial charge in [0.2, 0.25) is 0 Å². The Hall–Kier alpha value is -1.03. The Bertz CT molecular complexity index is 232. The quantitative estimate of drug-likeness (QED) is 0.704. The summed E-state index contributed by atoms with van der Waals surface area (Å²) in [6, 6.07) is 0. The van der Waals surface area contributed by atoms with Gasteiger partial charge in [-0.3, -0.25) is 5.10 Å². The van der Waals surface area contributed by atoms with Gasteiger partial charge in [0.25, 0.3) is 0 Å². The molecule has 0 saturated heterocycles. The van der Waals surface area contributed by atoms with Gasteiger partial charge in [0, 0.05) is 6.54 Å². The first-order valence-corrected chi connectivity index (χ1v) is 4.09. The third-order valence-corrected chi connectivity index (χ3v) is 1.46. The highest BCUT2D eigenvalue weighted by atomic mass is 16.5. The lowest BCUT2D eigenvalue weighted by Gasteiger charge is -2.07. The predicted octanol–water partition coefficient (Wildman–Crippen LogP) is 0.903. The Morgan fingerprint density at radius 2 is 2.42 bits per heavy atom. The third kappa shape index (κ3) is 2.23. The largest absolute Gasteiger partial charge is 0.490 e. The van der Waals surface area contributed by atoms with Crippen LogP contribution in [-0.4, -0.2) is 16.8 Å². The second kappa shape index (κ2) is 4.11. The van der Waals surface area contributed by atoms with Gasteiger partial charge in [-0.15, -0.1) is 0 Å². The van der Waals surface area contributed by atoms with E-state index in [1.54, 1.807) is 6.20 Å². The fourth-order valence-electron chi connectivity index (χ4n) is 0.829. The average Bonchev–Trinajstić information content (AvgIpc) is 2.47. The number of rotatable bonds is 4. The second-order valence-corrected chi connectivity index (χ2v) is 3.12. The smallest absolute Gasteiger partial charge is 0.161 e. The molecule has 68 valence electrons. The number of H-pyrrole nitrogens is 1. The van der Waals surface area contributed by atoms with Gasteiger partial charge in [0.1, 0.15) is 0 Å². The predicted molar refractivity (Wildman–Crippen MR) is 46.8 cm³/mol. The topological polar surface area (TPSA) is 63.9 Å². The maximum Gasteiger partial charge on any atom is 0.161 e. The lowest BCUT2D eigenvalue weighted by atomic mass is 10.2. The molecule has 0 fully saturated rings. The minimum atomic E-state index is 0.438. The Kier molecular flexibility index (Phi) is 3.10. The minimum absolute atomic E-state index is 0.438. The fourth-order valence-corrected chi connectivity index (χ4v) is 0.829. The number of hydrogen-bond acceptors (Lipinski definition) is 3. The number of nitrogens with zero attached hydrogens (tertiary/aromatic N) is 1. The molecule has 0 radical (unpaired) electrons. The first-order chi connectivity index (χ1) is 5.74. The summed E-state index contributed by atoms with van der Waals surface area (Å²) in [7, 11) is 0. The first-order valence-electron chi connectivity index (χ1n) is 4.09. The van der Waals surface area contributed by atoms with Crippen LogP contribution in [0.25, 0.3) is 0 Å². The van der Waals surface area contributed by atoms with Gasteiger partial charge in [-0.05, 0) is 5.92 Å². The molecule has 12 heavy (non-hydrogen) atoms. The van der Waals surface area contributed by atoms with Gasteiger partial charge in [0.05, 0.1) is 18.5 Å². The van der Waals surface area contributed by atoms with Crippen LogP contribution in [0.4, 0.5) is 0 Å². The zero-order chi connectivity index (χ0) is 8.97. The van der Waals surface area contributed by atoms with Crippen molar-refractivity contribution in [2.75, 3.05) is 6.61 Å². The van der Waals surface area contributed by atoms with Crippen molar-refractivity contribution < 1.29 is 4.74 Å². The molecule has 0 bridgehead atoms. The van der Waals surface area contributed by atoms with Crippen molar-refractivity contribution in [3.05, 3.63) is 11.9 Å².